The first-order valence-electron chi connectivity index (χ1n) is 16.0. The molecule has 0 spiro atoms. The molecule has 0 bridgehead atoms. The zero-order chi connectivity index (χ0) is 28.5. The zero-order valence-electron chi connectivity index (χ0n) is 25.2. The van der Waals surface area contributed by atoms with Gasteiger partial charge >= 0.3 is 5.97 Å². The smallest absolute Gasteiger partial charge is 0.335 e. The number of aromatic carboxylic acids is 1. The third kappa shape index (κ3) is 5.91. The fourth-order valence-electron chi connectivity index (χ4n) is 7.59. The highest BCUT2D eigenvalue weighted by Gasteiger charge is 2.31. The summed E-state index contributed by atoms with van der Waals surface area (Å²) in [7, 11) is 0. The van der Waals surface area contributed by atoms with E-state index in [1.54, 1.807) is 6.07 Å². The van der Waals surface area contributed by atoms with Gasteiger partial charge < -0.3 is 24.2 Å². The van der Waals surface area contributed by atoms with E-state index >= 15 is 0 Å². The molecule has 6 heteroatoms. The van der Waals surface area contributed by atoms with Crippen molar-refractivity contribution in [1.82, 2.24) is 9.47 Å². The minimum Gasteiger partial charge on any atom is -0.478 e. The Labute approximate surface area is 245 Å². The predicted molar refractivity (Wildman–Crippen MR) is 167 cm³/mol. The van der Waals surface area contributed by atoms with Crippen LogP contribution in [0.3, 0.4) is 0 Å². The lowest BCUT2D eigenvalue weighted by atomic mass is 9.81. The number of nitrogens with zero attached hydrogens (tertiary/aromatic N) is 3. The lowest BCUT2D eigenvalue weighted by molar-refractivity contribution is 0.0266. The molecule has 1 atom stereocenters. The van der Waals surface area contributed by atoms with Gasteiger partial charge in [0, 0.05) is 54.9 Å². The molecule has 1 N–H and O–H groups in total. The fourth-order valence-corrected chi connectivity index (χ4v) is 7.59. The summed E-state index contributed by atoms with van der Waals surface area (Å²) in [6.45, 7) is 13.4. The van der Waals surface area contributed by atoms with Crippen LogP contribution in [0.15, 0.2) is 36.4 Å². The van der Waals surface area contributed by atoms with E-state index in [-0.39, 0.29) is 0 Å². The molecule has 3 heterocycles. The molecule has 1 aliphatic carbocycles. The Hall–Kier alpha value is -2.83. The van der Waals surface area contributed by atoms with Gasteiger partial charge in [-0.3, -0.25) is 0 Å². The van der Waals surface area contributed by atoms with Crippen LogP contribution >= 0.6 is 0 Å². The molecule has 2 aliphatic heterocycles. The summed E-state index contributed by atoms with van der Waals surface area (Å²) in [6.07, 6.45) is 9.10. The zero-order valence-corrected chi connectivity index (χ0v) is 25.2. The van der Waals surface area contributed by atoms with Crippen molar-refractivity contribution in [2.45, 2.75) is 84.3 Å². The number of aromatic nitrogens is 1. The number of rotatable bonds is 8. The van der Waals surface area contributed by atoms with Crippen molar-refractivity contribution in [3.05, 3.63) is 53.1 Å². The maximum absolute atomic E-state index is 12.0. The number of aryl methyl sites for hydroxylation is 1. The second kappa shape index (κ2) is 12.2. The van der Waals surface area contributed by atoms with Gasteiger partial charge in [0.15, 0.2) is 0 Å². The monoisotopic (exact) mass is 557 g/mol. The summed E-state index contributed by atoms with van der Waals surface area (Å²) in [4.78, 5) is 17.2. The third-order valence-electron chi connectivity index (χ3n) is 9.66. The molecule has 1 unspecified atom stereocenters. The summed E-state index contributed by atoms with van der Waals surface area (Å²) in [6, 6.07) is 12.8. The Morgan fingerprint density at radius 3 is 2.59 bits per heavy atom. The molecule has 6 rings (SSSR count). The van der Waals surface area contributed by atoms with E-state index in [9.17, 15) is 9.90 Å². The van der Waals surface area contributed by atoms with Crippen LogP contribution in [-0.2, 0) is 11.3 Å². The molecule has 0 amide bonds. The summed E-state index contributed by atoms with van der Waals surface area (Å²) in [5.74, 6) is 0.294. The average molecular weight is 558 g/mol. The molecule has 6 nitrogen and oxygen atoms in total. The van der Waals surface area contributed by atoms with Crippen LogP contribution in [0.5, 0.6) is 0 Å². The normalized spacial score (nSPS) is 20.3. The van der Waals surface area contributed by atoms with Gasteiger partial charge in [-0.05, 0) is 94.2 Å². The Balaban J connectivity index is 1.35. The minimum absolute atomic E-state index is 0.293. The Bertz CT molecular complexity index is 1390. The number of fused-ring (bicyclic) bond motifs is 5. The van der Waals surface area contributed by atoms with Gasteiger partial charge in [0.05, 0.1) is 24.0 Å². The van der Waals surface area contributed by atoms with Crippen molar-refractivity contribution in [1.29, 1.82) is 0 Å². The number of likely N-dealkylation sites (tertiary alicyclic amines) is 1. The number of ether oxygens (including phenoxy) is 1. The maximum atomic E-state index is 12.0. The second-order valence-corrected chi connectivity index (χ2v) is 13.0. The quantitative estimate of drug-likeness (QED) is 0.314. The number of hydrogen-bond donors (Lipinski definition) is 1. The standard InChI is InChI=1S/C35H47N3O3/c1-24(2)41-23-26-8-7-15-36(22-26)16-17-37-18-19-38-32-21-28(35(39)40)12-14-29(32)33(27-9-5-4-6-10-27)34(38)30-13-11-25(3)20-31(30)37/h11-14,20-21,24,26-27H,4-10,15-19,22-23H2,1-3H3,(H,39,40). The summed E-state index contributed by atoms with van der Waals surface area (Å²) >= 11 is 0. The van der Waals surface area contributed by atoms with E-state index in [1.165, 1.54) is 84.9 Å². The van der Waals surface area contributed by atoms with Crippen molar-refractivity contribution in [2.75, 3.05) is 44.2 Å². The van der Waals surface area contributed by atoms with E-state index in [0.29, 0.717) is 23.5 Å². The number of carboxylic acids is 1. The van der Waals surface area contributed by atoms with Crippen molar-refractivity contribution in [2.24, 2.45) is 5.92 Å². The molecule has 3 aromatic rings. The van der Waals surface area contributed by atoms with E-state index in [0.717, 1.165) is 44.8 Å². The lowest BCUT2D eigenvalue weighted by Crippen LogP contribution is -2.42. The maximum Gasteiger partial charge on any atom is 0.335 e. The first kappa shape index (κ1) is 28.3. The molecule has 2 aromatic carbocycles. The van der Waals surface area contributed by atoms with Gasteiger partial charge in [0.2, 0.25) is 0 Å². The average Bonchev–Trinajstić information content (AvgIpc) is 3.21. The summed E-state index contributed by atoms with van der Waals surface area (Å²) in [5, 5.41) is 11.1. The van der Waals surface area contributed by atoms with Crippen molar-refractivity contribution in [3.63, 3.8) is 0 Å². The fraction of sp³-hybridized carbons (Fsp3) is 0.571. The van der Waals surface area contributed by atoms with E-state index in [2.05, 4.69) is 59.4 Å². The van der Waals surface area contributed by atoms with Crippen LogP contribution in [0, 0.1) is 12.8 Å². The lowest BCUT2D eigenvalue weighted by Gasteiger charge is -2.35. The molecule has 3 aliphatic rings. The van der Waals surface area contributed by atoms with E-state index in [1.807, 2.05) is 6.07 Å². The van der Waals surface area contributed by atoms with E-state index < -0.39 is 5.97 Å². The van der Waals surface area contributed by atoms with Crippen LogP contribution in [0.1, 0.15) is 86.2 Å². The highest BCUT2D eigenvalue weighted by molar-refractivity contribution is 5.99. The van der Waals surface area contributed by atoms with Crippen LogP contribution in [0.2, 0.25) is 0 Å². The van der Waals surface area contributed by atoms with Gasteiger partial charge in [-0.1, -0.05) is 37.5 Å². The molecule has 1 saturated heterocycles. The molecule has 41 heavy (non-hydrogen) atoms. The van der Waals surface area contributed by atoms with Crippen LogP contribution in [-0.4, -0.2) is 66.0 Å². The molecular weight excluding hydrogens is 510 g/mol. The Morgan fingerprint density at radius 1 is 0.976 bits per heavy atom. The molecule has 0 radical (unpaired) electrons. The van der Waals surface area contributed by atoms with Gasteiger partial charge in [0.25, 0.3) is 0 Å². The minimum atomic E-state index is -0.855. The molecular formula is C35H47N3O3. The number of benzene rings is 2. The Morgan fingerprint density at radius 2 is 1.80 bits per heavy atom. The predicted octanol–water partition coefficient (Wildman–Crippen LogP) is 7.32. The molecule has 1 saturated carbocycles. The number of anilines is 1. The van der Waals surface area contributed by atoms with Gasteiger partial charge in [-0.15, -0.1) is 0 Å². The summed E-state index contributed by atoms with van der Waals surface area (Å²) < 4.78 is 8.43. The van der Waals surface area contributed by atoms with Crippen LogP contribution in [0.4, 0.5) is 5.69 Å². The first-order valence-corrected chi connectivity index (χ1v) is 16.0. The molecule has 220 valence electrons. The largest absolute Gasteiger partial charge is 0.478 e. The number of carbonyl (C=O) groups is 1. The van der Waals surface area contributed by atoms with E-state index in [4.69, 9.17) is 4.74 Å². The number of piperidine rings is 1. The number of carboxylic acid groups (broad SMARTS) is 1. The van der Waals surface area contributed by atoms with Crippen molar-refractivity contribution < 1.29 is 14.6 Å². The molecule has 2 fully saturated rings. The van der Waals surface area contributed by atoms with Crippen molar-refractivity contribution in [3.8, 4) is 11.3 Å². The van der Waals surface area contributed by atoms with Crippen molar-refractivity contribution >= 4 is 22.6 Å². The topological polar surface area (TPSA) is 57.9 Å². The third-order valence-corrected chi connectivity index (χ3v) is 9.66. The number of hydrogen-bond acceptors (Lipinski definition) is 4. The SMILES string of the molecule is Cc1ccc2c(c1)N(CCN1CCCC(COC(C)C)C1)CCn1c-2c(C2CCCCC2)c2ccc(C(=O)O)cc21. The summed E-state index contributed by atoms with van der Waals surface area (Å²) in [5.41, 5.74) is 8.16. The van der Waals surface area contributed by atoms with Gasteiger partial charge in [0.1, 0.15) is 0 Å². The van der Waals surface area contributed by atoms with Gasteiger partial charge in [-0.2, -0.15) is 0 Å². The highest BCUT2D eigenvalue weighted by Crippen LogP contribution is 2.47. The highest BCUT2D eigenvalue weighted by atomic mass is 16.5. The molecule has 1 aromatic heterocycles. The second-order valence-electron chi connectivity index (χ2n) is 13.0. The van der Waals surface area contributed by atoms with Crippen LogP contribution < -0.4 is 4.90 Å². The van der Waals surface area contributed by atoms with Crippen LogP contribution in [0.25, 0.3) is 22.2 Å². The first-order chi connectivity index (χ1) is 19.9. The van der Waals surface area contributed by atoms with Gasteiger partial charge in [-0.25, -0.2) is 4.79 Å². The Kier molecular flexibility index (Phi) is 8.41.